The number of hydrogen-bond donors (Lipinski definition) is 1. The topological polar surface area (TPSA) is 88.8 Å². The fourth-order valence-corrected chi connectivity index (χ4v) is 3.70. The zero-order valence-corrected chi connectivity index (χ0v) is 16.1. The molecule has 1 aliphatic rings. The van der Waals surface area contributed by atoms with Crippen LogP contribution in [0.1, 0.15) is 54.9 Å². The molecule has 2 aromatic rings. The van der Waals surface area contributed by atoms with Crippen LogP contribution in [0.15, 0.2) is 4.79 Å². The number of amides is 1. The summed E-state index contributed by atoms with van der Waals surface area (Å²) in [5.41, 5.74) is 3.07. The van der Waals surface area contributed by atoms with Crippen molar-refractivity contribution in [3.8, 4) is 0 Å². The average molecular weight is 360 g/mol. The van der Waals surface area contributed by atoms with Crippen molar-refractivity contribution in [1.29, 1.82) is 0 Å². The number of carbonyl (C=O) groups excluding carboxylic acids is 1. The van der Waals surface area contributed by atoms with Crippen LogP contribution in [0.4, 0.5) is 0 Å². The van der Waals surface area contributed by atoms with Crippen molar-refractivity contribution in [3.63, 3.8) is 0 Å². The highest BCUT2D eigenvalue weighted by atomic mass is 16.2. The van der Waals surface area contributed by atoms with Crippen LogP contribution in [0.5, 0.6) is 0 Å². The third-order valence-corrected chi connectivity index (χ3v) is 5.42. The Bertz CT molecular complexity index is 846. The summed E-state index contributed by atoms with van der Waals surface area (Å²) in [6.07, 6.45) is 3.00. The molecule has 0 spiro atoms. The van der Waals surface area contributed by atoms with E-state index in [0.29, 0.717) is 25.9 Å². The molecule has 1 atom stereocenters. The first-order valence-electron chi connectivity index (χ1n) is 9.34. The van der Waals surface area contributed by atoms with Crippen LogP contribution < -0.4 is 5.69 Å². The standard InChI is InChI=1S/C18H28N6O2/c1-5-24-17(21-22(4)18(24)26)14-7-6-10-23(11-14)16(25)9-8-15-12(2)13(3)19-20-15/h14H,5-11H2,1-4H3,(H,19,20)/t14-/m1/s1. The van der Waals surface area contributed by atoms with E-state index in [-0.39, 0.29) is 17.5 Å². The number of H-pyrrole nitrogens is 1. The van der Waals surface area contributed by atoms with E-state index in [2.05, 4.69) is 15.3 Å². The molecular formula is C18H28N6O2. The van der Waals surface area contributed by atoms with Gasteiger partial charge in [0, 0.05) is 51.1 Å². The Hall–Kier alpha value is -2.38. The molecule has 0 bridgehead atoms. The monoisotopic (exact) mass is 360 g/mol. The maximum absolute atomic E-state index is 12.7. The molecular weight excluding hydrogens is 332 g/mol. The van der Waals surface area contributed by atoms with Crippen molar-refractivity contribution in [2.75, 3.05) is 13.1 Å². The fraction of sp³-hybridized carbons (Fsp3) is 0.667. The maximum atomic E-state index is 12.7. The fourth-order valence-electron chi connectivity index (χ4n) is 3.70. The average Bonchev–Trinajstić information content (AvgIpc) is 3.12. The summed E-state index contributed by atoms with van der Waals surface area (Å²) in [5, 5.41) is 11.7. The Balaban J connectivity index is 1.66. The van der Waals surface area contributed by atoms with Crippen LogP contribution in [0, 0.1) is 13.8 Å². The van der Waals surface area contributed by atoms with Gasteiger partial charge in [0.15, 0.2) is 0 Å². The summed E-state index contributed by atoms with van der Waals surface area (Å²) >= 11 is 0. The molecule has 1 amide bonds. The third-order valence-electron chi connectivity index (χ3n) is 5.42. The molecule has 2 aromatic heterocycles. The molecule has 8 heteroatoms. The molecule has 3 rings (SSSR count). The lowest BCUT2D eigenvalue weighted by Gasteiger charge is -2.32. The predicted molar refractivity (Wildman–Crippen MR) is 98.1 cm³/mol. The number of piperidine rings is 1. The molecule has 1 fully saturated rings. The molecule has 1 saturated heterocycles. The second kappa shape index (κ2) is 7.47. The van der Waals surface area contributed by atoms with E-state index < -0.39 is 0 Å². The van der Waals surface area contributed by atoms with E-state index in [1.54, 1.807) is 11.6 Å². The number of aromatic nitrogens is 5. The number of aryl methyl sites for hydroxylation is 3. The Labute approximate surface area is 153 Å². The van der Waals surface area contributed by atoms with Crippen LogP contribution in [0.2, 0.25) is 0 Å². The third kappa shape index (κ3) is 3.45. The number of hydrogen-bond acceptors (Lipinski definition) is 4. The molecule has 0 radical (unpaired) electrons. The van der Waals surface area contributed by atoms with Crippen LogP contribution in [-0.2, 0) is 24.8 Å². The summed E-state index contributed by atoms with van der Waals surface area (Å²) in [6.45, 7) is 7.98. The van der Waals surface area contributed by atoms with Crippen LogP contribution in [-0.4, -0.2) is 48.4 Å². The van der Waals surface area contributed by atoms with Gasteiger partial charge in [-0.3, -0.25) is 14.5 Å². The summed E-state index contributed by atoms with van der Waals surface area (Å²) in [4.78, 5) is 26.8. The number of nitrogens with zero attached hydrogens (tertiary/aromatic N) is 5. The summed E-state index contributed by atoms with van der Waals surface area (Å²) < 4.78 is 3.11. The number of likely N-dealkylation sites (tertiary alicyclic amines) is 1. The van der Waals surface area contributed by atoms with E-state index in [1.165, 1.54) is 4.68 Å². The molecule has 1 aliphatic heterocycles. The molecule has 3 heterocycles. The van der Waals surface area contributed by atoms with Crippen LogP contribution in [0.3, 0.4) is 0 Å². The minimum atomic E-state index is -0.0877. The summed E-state index contributed by atoms with van der Waals surface area (Å²) in [6, 6.07) is 0. The molecule has 1 N–H and O–H groups in total. The minimum Gasteiger partial charge on any atom is -0.342 e. The van der Waals surface area contributed by atoms with Crippen molar-refractivity contribution in [1.82, 2.24) is 29.4 Å². The van der Waals surface area contributed by atoms with Gasteiger partial charge >= 0.3 is 5.69 Å². The molecule has 142 valence electrons. The Morgan fingerprint density at radius 3 is 2.77 bits per heavy atom. The Morgan fingerprint density at radius 1 is 1.35 bits per heavy atom. The quantitative estimate of drug-likeness (QED) is 0.870. The number of carbonyl (C=O) groups is 1. The summed E-state index contributed by atoms with van der Waals surface area (Å²) in [7, 11) is 1.68. The highest BCUT2D eigenvalue weighted by Gasteiger charge is 2.28. The maximum Gasteiger partial charge on any atom is 0.345 e. The number of rotatable bonds is 5. The highest BCUT2D eigenvalue weighted by molar-refractivity contribution is 5.76. The van der Waals surface area contributed by atoms with E-state index in [4.69, 9.17) is 0 Å². The SMILES string of the molecule is CCn1c([C@@H]2CCCN(C(=O)CCc3n[nH]c(C)c3C)C2)nn(C)c1=O. The van der Waals surface area contributed by atoms with Crippen LogP contribution in [0.25, 0.3) is 0 Å². The van der Waals surface area contributed by atoms with Crippen molar-refractivity contribution >= 4 is 5.91 Å². The van der Waals surface area contributed by atoms with E-state index in [0.717, 1.165) is 42.2 Å². The Morgan fingerprint density at radius 2 is 2.12 bits per heavy atom. The van der Waals surface area contributed by atoms with Gasteiger partial charge in [0.25, 0.3) is 0 Å². The normalized spacial score (nSPS) is 17.7. The van der Waals surface area contributed by atoms with Crippen molar-refractivity contribution in [2.24, 2.45) is 7.05 Å². The lowest BCUT2D eigenvalue weighted by molar-refractivity contribution is -0.132. The van der Waals surface area contributed by atoms with Crippen molar-refractivity contribution < 1.29 is 4.79 Å². The van der Waals surface area contributed by atoms with E-state index in [9.17, 15) is 9.59 Å². The van der Waals surface area contributed by atoms with E-state index >= 15 is 0 Å². The van der Waals surface area contributed by atoms with Gasteiger partial charge in [0.05, 0.1) is 5.69 Å². The molecule has 8 nitrogen and oxygen atoms in total. The first-order chi connectivity index (χ1) is 12.4. The van der Waals surface area contributed by atoms with Gasteiger partial charge in [-0.05, 0) is 39.2 Å². The first-order valence-corrected chi connectivity index (χ1v) is 9.34. The predicted octanol–water partition coefficient (Wildman–Crippen LogP) is 1.28. The summed E-state index contributed by atoms with van der Waals surface area (Å²) in [5.74, 6) is 1.07. The minimum absolute atomic E-state index is 0.0877. The van der Waals surface area contributed by atoms with Gasteiger partial charge in [0.1, 0.15) is 5.82 Å². The lowest BCUT2D eigenvalue weighted by atomic mass is 9.96. The second-order valence-corrected chi connectivity index (χ2v) is 7.11. The van der Waals surface area contributed by atoms with Gasteiger partial charge in [-0.15, -0.1) is 0 Å². The van der Waals surface area contributed by atoms with Gasteiger partial charge in [-0.1, -0.05) is 0 Å². The van der Waals surface area contributed by atoms with Crippen LogP contribution >= 0.6 is 0 Å². The molecule has 0 aromatic carbocycles. The van der Waals surface area contributed by atoms with E-state index in [1.807, 2.05) is 25.7 Å². The van der Waals surface area contributed by atoms with Gasteiger partial charge in [0.2, 0.25) is 5.91 Å². The van der Waals surface area contributed by atoms with Gasteiger partial charge < -0.3 is 4.90 Å². The van der Waals surface area contributed by atoms with Crippen molar-refractivity contribution in [2.45, 2.75) is 58.9 Å². The van der Waals surface area contributed by atoms with Crippen molar-refractivity contribution in [3.05, 3.63) is 33.3 Å². The smallest absolute Gasteiger partial charge is 0.342 e. The zero-order chi connectivity index (χ0) is 18.8. The van der Waals surface area contributed by atoms with Gasteiger partial charge in [-0.25, -0.2) is 9.48 Å². The largest absolute Gasteiger partial charge is 0.345 e. The Kier molecular flexibility index (Phi) is 5.29. The first kappa shape index (κ1) is 18.4. The van der Waals surface area contributed by atoms with Gasteiger partial charge in [-0.2, -0.15) is 10.2 Å². The highest BCUT2D eigenvalue weighted by Crippen LogP contribution is 2.25. The molecule has 0 saturated carbocycles. The number of aromatic amines is 1. The lowest BCUT2D eigenvalue weighted by Crippen LogP contribution is -2.40. The molecule has 0 unspecified atom stereocenters. The second-order valence-electron chi connectivity index (χ2n) is 7.11. The zero-order valence-electron chi connectivity index (χ0n) is 16.1. The molecule has 0 aliphatic carbocycles. The number of nitrogens with one attached hydrogen (secondary N) is 1. The molecule has 26 heavy (non-hydrogen) atoms.